The summed E-state index contributed by atoms with van der Waals surface area (Å²) >= 11 is 0. The number of hydrogen-bond acceptors (Lipinski definition) is 5. The Kier molecular flexibility index (Phi) is 7.62. The highest BCUT2D eigenvalue weighted by atomic mass is 16.6. The van der Waals surface area contributed by atoms with E-state index in [0.717, 1.165) is 23.3 Å². The molecule has 1 aliphatic heterocycles. The second kappa shape index (κ2) is 10.4. The van der Waals surface area contributed by atoms with E-state index in [0.29, 0.717) is 13.1 Å². The van der Waals surface area contributed by atoms with E-state index in [4.69, 9.17) is 14.2 Å². The lowest BCUT2D eigenvalue weighted by Crippen LogP contribution is -2.34. The Bertz CT molecular complexity index is 893. The first kappa shape index (κ1) is 23.4. The number of rotatable bonds is 6. The molecule has 7 nitrogen and oxygen atoms in total. The zero-order valence-corrected chi connectivity index (χ0v) is 19.2. The van der Waals surface area contributed by atoms with Crippen molar-refractivity contribution in [1.29, 1.82) is 0 Å². The Morgan fingerprint density at radius 1 is 1.09 bits per heavy atom. The molecule has 2 aromatic rings. The first-order valence-electron chi connectivity index (χ1n) is 10.9. The van der Waals surface area contributed by atoms with Gasteiger partial charge in [-0.05, 0) is 51.0 Å². The van der Waals surface area contributed by atoms with Crippen LogP contribution in [0.3, 0.4) is 0 Å². The van der Waals surface area contributed by atoms with Gasteiger partial charge in [0.25, 0.3) is 0 Å². The summed E-state index contributed by atoms with van der Waals surface area (Å²) in [6, 6.07) is 17.0. The van der Waals surface area contributed by atoms with Gasteiger partial charge in [0.1, 0.15) is 24.1 Å². The maximum atomic E-state index is 12.3. The van der Waals surface area contributed by atoms with E-state index in [2.05, 4.69) is 5.32 Å². The molecule has 2 aromatic carbocycles. The zero-order chi connectivity index (χ0) is 23.1. The fraction of sp³-hybridized carbons (Fsp3) is 0.440. The fourth-order valence-corrected chi connectivity index (χ4v) is 3.40. The molecule has 172 valence electrons. The van der Waals surface area contributed by atoms with Crippen LogP contribution in [-0.2, 0) is 16.1 Å². The van der Waals surface area contributed by atoms with Gasteiger partial charge in [0.05, 0.1) is 12.6 Å². The summed E-state index contributed by atoms with van der Waals surface area (Å²) in [5.41, 5.74) is 1.37. The summed E-state index contributed by atoms with van der Waals surface area (Å²) < 4.78 is 16.7. The predicted octanol–water partition coefficient (Wildman–Crippen LogP) is 5.06. The molecule has 1 N–H and O–H groups in total. The van der Waals surface area contributed by atoms with Crippen LogP contribution in [0.4, 0.5) is 9.59 Å². The number of hydrogen-bond donors (Lipinski definition) is 1. The molecule has 2 amide bonds. The summed E-state index contributed by atoms with van der Waals surface area (Å²) in [5.74, 6) is 0.725. The van der Waals surface area contributed by atoms with Crippen LogP contribution in [0, 0.1) is 0 Å². The van der Waals surface area contributed by atoms with Crippen LogP contribution in [0.1, 0.15) is 51.3 Å². The summed E-state index contributed by atoms with van der Waals surface area (Å²) in [7, 11) is 0. The minimum Gasteiger partial charge on any atom is -0.489 e. The van der Waals surface area contributed by atoms with Gasteiger partial charge in [-0.25, -0.2) is 9.59 Å². The molecule has 2 unspecified atom stereocenters. The first-order valence-corrected chi connectivity index (χ1v) is 10.9. The van der Waals surface area contributed by atoms with Crippen LogP contribution >= 0.6 is 0 Å². The van der Waals surface area contributed by atoms with Gasteiger partial charge in [-0.1, -0.05) is 42.5 Å². The highest BCUT2D eigenvalue weighted by Crippen LogP contribution is 2.22. The van der Waals surface area contributed by atoms with Crippen molar-refractivity contribution in [2.75, 3.05) is 13.1 Å². The molecule has 0 bridgehead atoms. The summed E-state index contributed by atoms with van der Waals surface area (Å²) in [6.07, 6.45) is -0.103. The van der Waals surface area contributed by atoms with Crippen molar-refractivity contribution < 1.29 is 23.8 Å². The summed E-state index contributed by atoms with van der Waals surface area (Å²) in [6.45, 7) is 8.75. The quantitative estimate of drug-likeness (QED) is 0.679. The number of carbonyl (C=O) groups excluding carboxylic acids is 2. The molecular weight excluding hydrogens is 408 g/mol. The lowest BCUT2D eigenvalue weighted by atomic mass is 10.1. The first-order chi connectivity index (χ1) is 15.2. The number of amides is 2. The SMILES string of the molecule is CC(NC(=O)OC(C)(C)C)c1ccc(OC2CCN(C(=O)OCc3ccccc3)C2)cc1. The summed E-state index contributed by atoms with van der Waals surface area (Å²) in [5, 5.41) is 2.83. The molecule has 1 fully saturated rings. The largest absolute Gasteiger partial charge is 0.489 e. The Balaban J connectivity index is 1.44. The second-order valence-electron chi connectivity index (χ2n) is 8.95. The van der Waals surface area contributed by atoms with Crippen molar-refractivity contribution >= 4 is 12.2 Å². The molecular formula is C25H32N2O5. The van der Waals surface area contributed by atoms with Crippen LogP contribution in [0.15, 0.2) is 54.6 Å². The van der Waals surface area contributed by atoms with Crippen LogP contribution < -0.4 is 10.1 Å². The van der Waals surface area contributed by atoms with Crippen LogP contribution in [0.5, 0.6) is 5.75 Å². The number of likely N-dealkylation sites (tertiary alicyclic amines) is 1. The number of nitrogens with one attached hydrogen (secondary N) is 1. The molecule has 1 aliphatic rings. The normalized spacial score (nSPS) is 16.9. The van der Waals surface area contributed by atoms with Crippen molar-refractivity contribution in [1.82, 2.24) is 10.2 Å². The molecule has 0 aliphatic carbocycles. The lowest BCUT2D eigenvalue weighted by molar-refractivity contribution is 0.0508. The maximum absolute atomic E-state index is 12.3. The molecule has 3 rings (SSSR count). The van der Waals surface area contributed by atoms with E-state index in [9.17, 15) is 9.59 Å². The highest BCUT2D eigenvalue weighted by molar-refractivity contribution is 5.68. The van der Waals surface area contributed by atoms with Gasteiger partial charge < -0.3 is 24.4 Å². The summed E-state index contributed by atoms with van der Waals surface area (Å²) in [4.78, 5) is 25.9. The van der Waals surface area contributed by atoms with Gasteiger partial charge in [0, 0.05) is 13.0 Å². The lowest BCUT2D eigenvalue weighted by Gasteiger charge is -2.22. The zero-order valence-electron chi connectivity index (χ0n) is 19.2. The molecule has 0 spiro atoms. The fourth-order valence-electron chi connectivity index (χ4n) is 3.40. The van der Waals surface area contributed by atoms with Gasteiger partial charge in [-0.15, -0.1) is 0 Å². The molecule has 32 heavy (non-hydrogen) atoms. The average Bonchev–Trinajstić information content (AvgIpc) is 3.20. The van der Waals surface area contributed by atoms with Crippen molar-refractivity contribution in [2.45, 2.75) is 58.5 Å². The maximum Gasteiger partial charge on any atom is 0.410 e. The van der Waals surface area contributed by atoms with Crippen molar-refractivity contribution in [3.8, 4) is 5.75 Å². The van der Waals surface area contributed by atoms with E-state index in [1.165, 1.54) is 0 Å². The average molecular weight is 441 g/mol. The number of ether oxygens (including phenoxy) is 3. The number of alkyl carbamates (subject to hydrolysis) is 1. The molecule has 2 atom stereocenters. The standard InChI is InChI=1S/C25H32N2O5/c1-18(26-23(28)32-25(2,3)4)20-10-12-21(13-11-20)31-22-14-15-27(16-22)24(29)30-17-19-8-6-5-7-9-19/h5-13,18,22H,14-17H2,1-4H3,(H,26,28). The predicted molar refractivity (Wildman–Crippen MR) is 121 cm³/mol. The molecule has 1 heterocycles. The molecule has 0 saturated carbocycles. The second-order valence-corrected chi connectivity index (χ2v) is 8.95. The van der Waals surface area contributed by atoms with Crippen molar-refractivity contribution in [3.05, 3.63) is 65.7 Å². The smallest absolute Gasteiger partial charge is 0.410 e. The van der Waals surface area contributed by atoms with Crippen LogP contribution in [0.25, 0.3) is 0 Å². The van der Waals surface area contributed by atoms with E-state index in [1.807, 2.05) is 82.3 Å². The third-order valence-corrected chi connectivity index (χ3v) is 5.02. The number of benzene rings is 2. The Morgan fingerprint density at radius 3 is 2.44 bits per heavy atom. The van der Waals surface area contributed by atoms with Crippen LogP contribution in [-0.4, -0.2) is 41.9 Å². The third kappa shape index (κ3) is 7.18. The van der Waals surface area contributed by atoms with Gasteiger partial charge in [-0.3, -0.25) is 0 Å². The Morgan fingerprint density at radius 2 is 1.78 bits per heavy atom. The van der Waals surface area contributed by atoms with Gasteiger partial charge in [0.15, 0.2) is 0 Å². The molecule has 7 heteroatoms. The Hall–Kier alpha value is -3.22. The van der Waals surface area contributed by atoms with Gasteiger partial charge >= 0.3 is 12.2 Å². The monoisotopic (exact) mass is 440 g/mol. The molecule has 1 saturated heterocycles. The van der Waals surface area contributed by atoms with Crippen molar-refractivity contribution in [3.63, 3.8) is 0 Å². The van der Waals surface area contributed by atoms with Gasteiger partial charge in [0.2, 0.25) is 0 Å². The number of nitrogens with zero attached hydrogens (tertiary/aromatic N) is 1. The van der Waals surface area contributed by atoms with Gasteiger partial charge in [-0.2, -0.15) is 0 Å². The van der Waals surface area contributed by atoms with Crippen LogP contribution in [0.2, 0.25) is 0 Å². The molecule has 0 aromatic heterocycles. The van der Waals surface area contributed by atoms with E-state index < -0.39 is 11.7 Å². The van der Waals surface area contributed by atoms with E-state index >= 15 is 0 Å². The van der Waals surface area contributed by atoms with E-state index in [1.54, 1.807) is 4.90 Å². The topological polar surface area (TPSA) is 77.1 Å². The minimum atomic E-state index is -0.537. The third-order valence-electron chi connectivity index (χ3n) is 5.02. The Labute approximate surface area is 189 Å². The van der Waals surface area contributed by atoms with Crippen molar-refractivity contribution in [2.24, 2.45) is 0 Å². The molecule has 0 radical (unpaired) electrons. The highest BCUT2D eigenvalue weighted by Gasteiger charge is 2.28. The van der Waals surface area contributed by atoms with E-state index in [-0.39, 0.29) is 24.8 Å². The number of carbonyl (C=O) groups is 2. The minimum absolute atomic E-state index is 0.0811.